The summed E-state index contributed by atoms with van der Waals surface area (Å²) in [5.41, 5.74) is 0.744. The van der Waals surface area contributed by atoms with Gasteiger partial charge in [0.15, 0.2) is 0 Å². The fraction of sp³-hybridized carbons (Fsp3) is 0.267. The van der Waals surface area contributed by atoms with Crippen molar-refractivity contribution in [3.8, 4) is 5.75 Å². The number of amides is 3. The lowest BCUT2D eigenvalue weighted by molar-refractivity contribution is -0.143. The molecule has 1 aromatic rings. The smallest absolute Gasteiger partial charge is 0.329 e. The molecule has 0 aliphatic carbocycles. The quantitative estimate of drug-likeness (QED) is 0.501. The van der Waals surface area contributed by atoms with Crippen LogP contribution in [0.25, 0.3) is 6.08 Å². The first kappa shape index (κ1) is 15.6. The highest BCUT2D eigenvalue weighted by atomic mass is 16.5. The lowest BCUT2D eigenvalue weighted by Crippen LogP contribution is -2.36. The Labute approximate surface area is 127 Å². The fourth-order valence-electron chi connectivity index (χ4n) is 1.95. The van der Waals surface area contributed by atoms with Gasteiger partial charge in [0, 0.05) is 5.56 Å². The highest BCUT2D eigenvalue weighted by molar-refractivity contribution is 6.15. The standard InChI is InChI=1S/C15H16N2O5/c1-3-22-12-7-5-4-6-10(12)8-11-14(19)17(15(20)16-11)9-13(18)21-2/h4-8H,3,9H2,1-2H3,(H,16,20)/b11-8+. The molecule has 1 heterocycles. The number of benzene rings is 1. The van der Waals surface area contributed by atoms with E-state index >= 15 is 0 Å². The van der Waals surface area contributed by atoms with Gasteiger partial charge in [-0.15, -0.1) is 0 Å². The minimum Gasteiger partial charge on any atom is -0.493 e. The van der Waals surface area contributed by atoms with Crippen molar-refractivity contribution < 1.29 is 23.9 Å². The van der Waals surface area contributed by atoms with Crippen molar-refractivity contribution in [3.63, 3.8) is 0 Å². The molecular formula is C15H16N2O5. The molecule has 1 aliphatic rings. The number of rotatable bonds is 5. The number of nitrogens with one attached hydrogen (secondary N) is 1. The summed E-state index contributed by atoms with van der Waals surface area (Å²) in [5.74, 6) is -0.646. The topological polar surface area (TPSA) is 84.9 Å². The second-order valence-electron chi connectivity index (χ2n) is 4.43. The van der Waals surface area contributed by atoms with E-state index in [4.69, 9.17) is 4.74 Å². The van der Waals surface area contributed by atoms with Gasteiger partial charge in [-0.3, -0.25) is 9.59 Å². The van der Waals surface area contributed by atoms with Crippen LogP contribution in [0.4, 0.5) is 4.79 Å². The number of methoxy groups -OCH3 is 1. The van der Waals surface area contributed by atoms with Crippen LogP contribution in [-0.4, -0.2) is 43.1 Å². The van der Waals surface area contributed by atoms with Crippen LogP contribution in [0.2, 0.25) is 0 Å². The van der Waals surface area contributed by atoms with Gasteiger partial charge < -0.3 is 14.8 Å². The van der Waals surface area contributed by atoms with Gasteiger partial charge in [-0.05, 0) is 19.1 Å². The summed E-state index contributed by atoms with van der Waals surface area (Å²) < 4.78 is 9.92. The van der Waals surface area contributed by atoms with Crippen LogP contribution in [-0.2, 0) is 14.3 Å². The third-order valence-electron chi connectivity index (χ3n) is 3.00. The van der Waals surface area contributed by atoms with E-state index < -0.39 is 24.5 Å². The van der Waals surface area contributed by atoms with Crippen LogP contribution in [0.5, 0.6) is 5.75 Å². The summed E-state index contributed by atoms with van der Waals surface area (Å²) in [5, 5.41) is 2.44. The number of imide groups is 1. The van der Waals surface area contributed by atoms with E-state index in [2.05, 4.69) is 10.1 Å². The maximum Gasteiger partial charge on any atom is 0.329 e. The number of carbonyl (C=O) groups is 3. The molecule has 2 rings (SSSR count). The van der Waals surface area contributed by atoms with E-state index in [9.17, 15) is 14.4 Å². The first-order chi connectivity index (χ1) is 10.6. The van der Waals surface area contributed by atoms with Crippen molar-refractivity contribution in [1.82, 2.24) is 10.2 Å². The van der Waals surface area contributed by atoms with Gasteiger partial charge >= 0.3 is 12.0 Å². The predicted molar refractivity (Wildman–Crippen MR) is 77.8 cm³/mol. The monoisotopic (exact) mass is 304 g/mol. The third-order valence-corrected chi connectivity index (χ3v) is 3.00. The molecule has 7 nitrogen and oxygen atoms in total. The molecule has 0 aromatic heterocycles. The molecule has 0 saturated carbocycles. The van der Waals surface area contributed by atoms with E-state index in [-0.39, 0.29) is 5.70 Å². The lowest BCUT2D eigenvalue weighted by atomic mass is 10.1. The van der Waals surface area contributed by atoms with E-state index in [1.807, 2.05) is 13.0 Å². The molecule has 0 atom stereocenters. The SMILES string of the molecule is CCOc1ccccc1/C=C1/NC(=O)N(CC(=O)OC)C1=O. The Bertz CT molecular complexity index is 639. The largest absolute Gasteiger partial charge is 0.493 e. The van der Waals surface area contributed by atoms with Gasteiger partial charge in [0.1, 0.15) is 18.0 Å². The molecule has 0 radical (unpaired) electrons. The summed E-state index contributed by atoms with van der Waals surface area (Å²) in [6.45, 7) is 1.91. The first-order valence-electron chi connectivity index (χ1n) is 6.70. The van der Waals surface area contributed by atoms with Crippen LogP contribution in [0.15, 0.2) is 30.0 Å². The summed E-state index contributed by atoms with van der Waals surface area (Å²) in [6, 6.07) is 6.48. The zero-order chi connectivity index (χ0) is 16.1. The van der Waals surface area contributed by atoms with Gasteiger partial charge in [0.05, 0.1) is 13.7 Å². The Hall–Kier alpha value is -2.83. The lowest BCUT2D eigenvalue weighted by Gasteiger charge is -2.09. The first-order valence-corrected chi connectivity index (χ1v) is 6.70. The van der Waals surface area contributed by atoms with Gasteiger partial charge in [-0.25, -0.2) is 9.69 Å². The normalized spacial score (nSPS) is 15.9. The zero-order valence-corrected chi connectivity index (χ0v) is 12.3. The molecule has 0 bridgehead atoms. The van der Waals surface area contributed by atoms with Crippen LogP contribution >= 0.6 is 0 Å². The van der Waals surface area contributed by atoms with Gasteiger partial charge in [0.2, 0.25) is 0 Å². The second kappa shape index (κ2) is 6.75. The van der Waals surface area contributed by atoms with Crippen LogP contribution in [0.3, 0.4) is 0 Å². The second-order valence-corrected chi connectivity index (χ2v) is 4.43. The van der Waals surface area contributed by atoms with Crippen LogP contribution < -0.4 is 10.1 Å². The van der Waals surface area contributed by atoms with E-state index in [0.717, 1.165) is 4.90 Å². The Kier molecular flexibility index (Phi) is 4.77. The molecule has 1 N–H and O–H groups in total. The molecule has 1 saturated heterocycles. The van der Waals surface area contributed by atoms with E-state index in [1.165, 1.54) is 13.2 Å². The Morgan fingerprint density at radius 3 is 2.73 bits per heavy atom. The average Bonchev–Trinajstić information content (AvgIpc) is 2.77. The van der Waals surface area contributed by atoms with Crippen LogP contribution in [0, 0.1) is 0 Å². The molecular weight excluding hydrogens is 288 g/mol. The van der Waals surface area contributed by atoms with Gasteiger partial charge in [0.25, 0.3) is 5.91 Å². The van der Waals surface area contributed by atoms with Crippen LogP contribution in [0.1, 0.15) is 12.5 Å². The maximum absolute atomic E-state index is 12.2. The highest BCUT2D eigenvalue weighted by Crippen LogP contribution is 2.22. The Morgan fingerprint density at radius 1 is 1.32 bits per heavy atom. The van der Waals surface area contributed by atoms with Crippen molar-refractivity contribution in [2.75, 3.05) is 20.3 Å². The summed E-state index contributed by atoms with van der Waals surface area (Å²) in [6.07, 6.45) is 1.52. The number of carbonyl (C=O) groups excluding carboxylic acids is 3. The fourth-order valence-corrected chi connectivity index (χ4v) is 1.95. The molecule has 1 fully saturated rings. The zero-order valence-electron chi connectivity index (χ0n) is 12.3. The van der Waals surface area contributed by atoms with E-state index in [1.54, 1.807) is 18.2 Å². The van der Waals surface area contributed by atoms with Gasteiger partial charge in [-0.2, -0.15) is 0 Å². The molecule has 22 heavy (non-hydrogen) atoms. The van der Waals surface area contributed by atoms with Crippen molar-refractivity contribution in [3.05, 3.63) is 35.5 Å². The van der Waals surface area contributed by atoms with Crippen molar-refractivity contribution in [2.45, 2.75) is 6.92 Å². The van der Waals surface area contributed by atoms with Crippen molar-refractivity contribution >= 4 is 24.0 Å². The summed E-state index contributed by atoms with van der Waals surface area (Å²) >= 11 is 0. The summed E-state index contributed by atoms with van der Waals surface area (Å²) in [7, 11) is 1.19. The predicted octanol–water partition coefficient (Wildman–Crippen LogP) is 1.15. The third kappa shape index (κ3) is 3.25. The van der Waals surface area contributed by atoms with Crippen molar-refractivity contribution in [1.29, 1.82) is 0 Å². The molecule has 116 valence electrons. The number of hydrogen-bond donors (Lipinski definition) is 1. The minimum absolute atomic E-state index is 0.0843. The average molecular weight is 304 g/mol. The molecule has 0 spiro atoms. The minimum atomic E-state index is -0.667. The number of para-hydroxylation sites is 1. The van der Waals surface area contributed by atoms with Crippen molar-refractivity contribution in [2.24, 2.45) is 0 Å². The highest BCUT2D eigenvalue weighted by Gasteiger charge is 2.35. The molecule has 1 aliphatic heterocycles. The van der Waals surface area contributed by atoms with Gasteiger partial charge in [-0.1, -0.05) is 18.2 Å². The number of urea groups is 1. The Balaban J connectivity index is 2.25. The molecule has 1 aromatic carbocycles. The van der Waals surface area contributed by atoms with E-state index in [0.29, 0.717) is 17.9 Å². The number of ether oxygens (including phenoxy) is 2. The molecule has 3 amide bonds. The Morgan fingerprint density at radius 2 is 2.05 bits per heavy atom. The summed E-state index contributed by atoms with van der Waals surface area (Å²) in [4.78, 5) is 35.9. The maximum atomic E-state index is 12.2. The number of esters is 1. The number of hydrogen-bond acceptors (Lipinski definition) is 5. The number of nitrogens with zero attached hydrogens (tertiary/aromatic N) is 1. The molecule has 7 heteroatoms. The molecule has 0 unspecified atom stereocenters.